The van der Waals surface area contributed by atoms with Gasteiger partial charge in [-0.3, -0.25) is 0 Å². The van der Waals surface area contributed by atoms with Crippen molar-refractivity contribution in [2.45, 2.75) is 20.4 Å². The van der Waals surface area contributed by atoms with Crippen LogP contribution in [0.3, 0.4) is 0 Å². The molecule has 1 aromatic heterocycles. The van der Waals surface area contributed by atoms with Crippen molar-refractivity contribution in [3.05, 3.63) is 29.0 Å². The largest absolute Gasteiger partial charge is 0.396 e. The maximum atomic E-state index is 9.28. The zero-order valence-corrected chi connectivity index (χ0v) is 11.0. The Hall–Kier alpha value is -0.870. The Kier molecular flexibility index (Phi) is 3.04. The third-order valence-corrected chi connectivity index (χ3v) is 3.10. The number of hydrogen-bond donors (Lipinski definition) is 1. The number of aliphatic hydroxyl groups excluding tert-OH is 1. The van der Waals surface area contributed by atoms with E-state index in [4.69, 9.17) is 0 Å². The molecule has 1 aromatic carbocycles. The molecule has 4 heteroatoms. The fourth-order valence-corrected chi connectivity index (χ4v) is 2.02. The number of nitrogens with zero attached hydrogens (tertiary/aromatic N) is 2. The lowest BCUT2D eigenvalue weighted by Crippen LogP contribution is -2.23. The maximum absolute atomic E-state index is 9.28. The van der Waals surface area contributed by atoms with Crippen LogP contribution < -0.4 is 0 Å². The molecule has 0 saturated carbocycles. The Bertz CT molecular complexity index is 505. The van der Waals surface area contributed by atoms with E-state index in [0.717, 1.165) is 22.1 Å². The van der Waals surface area contributed by atoms with Gasteiger partial charge in [-0.15, -0.1) is 0 Å². The molecule has 0 radical (unpaired) electrons. The van der Waals surface area contributed by atoms with Gasteiger partial charge in [0.1, 0.15) is 0 Å². The lowest BCUT2D eigenvalue weighted by molar-refractivity contribution is 0.142. The number of benzene rings is 1. The van der Waals surface area contributed by atoms with Crippen LogP contribution >= 0.6 is 15.9 Å². The third kappa shape index (κ3) is 2.28. The molecule has 1 N–H and O–H groups in total. The van der Waals surface area contributed by atoms with Gasteiger partial charge >= 0.3 is 0 Å². The fourth-order valence-electron chi connectivity index (χ4n) is 1.67. The standard InChI is InChI=1S/C12H15BrN2O/c1-12(2,7-16)6-15-8-14-10-4-3-9(13)5-11(10)15/h3-5,8,16H,6-7H2,1-2H3. The van der Waals surface area contributed by atoms with E-state index in [9.17, 15) is 5.11 Å². The average Bonchev–Trinajstić information content (AvgIpc) is 2.61. The summed E-state index contributed by atoms with van der Waals surface area (Å²) in [5.74, 6) is 0. The minimum absolute atomic E-state index is 0.129. The van der Waals surface area contributed by atoms with Crippen molar-refractivity contribution in [1.29, 1.82) is 0 Å². The van der Waals surface area contributed by atoms with Crippen LogP contribution in [0.1, 0.15) is 13.8 Å². The van der Waals surface area contributed by atoms with Gasteiger partial charge in [-0.1, -0.05) is 29.8 Å². The van der Waals surface area contributed by atoms with Crippen molar-refractivity contribution in [3.63, 3.8) is 0 Å². The number of aromatic nitrogens is 2. The van der Waals surface area contributed by atoms with Gasteiger partial charge in [0.05, 0.1) is 17.4 Å². The smallest absolute Gasteiger partial charge is 0.0958 e. The van der Waals surface area contributed by atoms with Crippen molar-refractivity contribution < 1.29 is 5.11 Å². The molecular weight excluding hydrogens is 268 g/mol. The summed E-state index contributed by atoms with van der Waals surface area (Å²) < 4.78 is 3.12. The molecule has 0 amide bonds. The molecule has 0 unspecified atom stereocenters. The van der Waals surface area contributed by atoms with E-state index in [1.54, 1.807) is 0 Å². The Morgan fingerprint density at radius 3 is 2.88 bits per heavy atom. The summed E-state index contributed by atoms with van der Waals surface area (Å²) in [4.78, 5) is 4.34. The number of rotatable bonds is 3. The van der Waals surface area contributed by atoms with Gasteiger partial charge in [-0.2, -0.15) is 0 Å². The van der Waals surface area contributed by atoms with Crippen molar-refractivity contribution in [1.82, 2.24) is 9.55 Å². The first-order valence-electron chi connectivity index (χ1n) is 5.23. The van der Waals surface area contributed by atoms with Crippen LogP contribution in [0.5, 0.6) is 0 Å². The van der Waals surface area contributed by atoms with E-state index in [0.29, 0.717) is 0 Å². The van der Waals surface area contributed by atoms with E-state index in [1.165, 1.54) is 0 Å². The van der Waals surface area contributed by atoms with Crippen molar-refractivity contribution >= 4 is 27.0 Å². The van der Waals surface area contributed by atoms with Crippen molar-refractivity contribution in [3.8, 4) is 0 Å². The van der Waals surface area contributed by atoms with E-state index in [2.05, 4.69) is 31.5 Å². The molecule has 3 nitrogen and oxygen atoms in total. The monoisotopic (exact) mass is 282 g/mol. The van der Waals surface area contributed by atoms with Crippen molar-refractivity contribution in [2.24, 2.45) is 5.41 Å². The Labute approximate surface area is 103 Å². The second kappa shape index (κ2) is 4.18. The molecule has 0 aliphatic carbocycles. The highest BCUT2D eigenvalue weighted by Gasteiger charge is 2.18. The first-order valence-corrected chi connectivity index (χ1v) is 6.02. The highest BCUT2D eigenvalue weighted by Crippen LogP contribution is 2.23. The number of hydrogen-bond acceptors (Lipinski definition) is 2. The van der Waals surface area contributed by atoms with E-state index < -0.39 is 0 Å². The summed E-state index contributed by atoms with van der Waals surface area (Å²) >= 11 is 3.46. The third-order valence-electron chi connectivity index (χ3n) is 2.61. The zero-order chi connectivity index (χ0) is 11.8. The molecule has 0 atom stereocenters. The zero-order valence-electron chi connectivity index (χ0n) is 9.44. The van der Waals surface area contributed by atoms with Gasteiger partial charge in [0.2, 0.25) is 0 Å². The topological polar surface area (TPSA) is 38.0 Å². The fraction of sp³-hybridized carbons (Fsp3) is 0.417. The van der Waals surface area contributed by atoms with Crippen LogP contribution in [0.2, 0.25) is 0 Å². The van der Waals surface area contributed by atoms with Crippen LogP contribution in [0.25, 0.3) is 11.0 Å². The normalized spacial score (nSPS) is 12.2. The second-order valence-corrected chi connectivity index (χ2v) is 5.74. The lowest BCUT2D eigenvalue weighted by Gasteiger charge is -2.22. The molecule has 2 aromatic rings. The summed E-state index contributed by atoms with van der Waals surface area (Å²) in [6.45, 7) is 5.00. The van der Waals surface area contributed by atoms with E-state index >= 15 is 0 Å². The lowest BCUT2D eigenvalue weighted by atomic mass is 9.95. The molecule has 1 heterocycles. The Balaban J connectivity index is 2.41. The molecule has 0 aliphatic heterocycles. The maximum Gasteiger partial charge on any atom is 0.0958 e. The van der Waals surface area contributed by atoms with Crippen LogP contribution in [0, 0.1) is 5.41 Å². The summed E-state index contributed by atoms with van der Waals surface area (Å²) in [5, 5.41) is 9.28. The number of halogens is 1. The molecule has 0 saturated heterocycles. The van der Waals surface area contributed by atoms with Gasteiger partial charge in [0.25, 0.3) is 0 Å². The summed E-state index contributed by atoms with van der Waals surface area (Å²) in [5.41, 5.74) is 1.95. The van der Waals surface area contributed by atoms with E-state index in [1.807, 2.05) is 32.3 Å². The van der Waals surface area contributed by atoms with Gasteiger partial charge in [-0.05, 0) is 18.2 Å². The minimum atomic E-state index is -0.129. The first kappa shape index (κ1) is 11.6. The summed E-state index contributed by atoms with van der Waals surface area (Å²) in [7, 11) is 0. The van der Waals surface area contributed by atoms with Crippen LogP contribution in [-0.2, 0) is 6.54 Å². The first-order chi connectivity index (χ1) is 7.52. The minimum Gasteiger partial charge on any atom is -0.396 e. The number of imidazole rings is 1. The molecular formula is C12H15BrN2O. The number of aliphatic hydroxyl groups is 1. The van der Waals surface area contributed by atoms with Crippen LogP contribution in [0.15, 0.2) is 29.0 Å². The van der Waals surface area contributed by atoms with Gasteiger partial charge in [0.15, 0.2) is 0 Å². The summed E-state index contributed by atoms with van der Waals surface area (Å²) in [6, 6.07) is 6.02. The highest BCUT2D eigenvalue weighted by molar-refractivity contribution is 9.10. The molecule has 0 fully saturated rings. The summed E-state index contributed by atoms with van der Waals surface area (Å²) in [6.07, 6.45) is 1.83. The Morgan fingerprint density at radius 1 is 1.44 bits per heavy atom. The van der Waals surface area contributed by atoms with Gasteiger partial charge in [0, 0.05) is 23.0 Å². The Morgan fingerprint density at radius 2 is 2.19 bits per heavy atom. The van der Waals surface area contributed by atoms with E-state index in [-0.39, 0.29) is 12.0 Å². The SMILES string of the molecule is CC(C)(CO)Cn1cnc2ccc(Br)cc21. The molecule has 0 bridgehead atoms. The molecule has 0 aliphatic rings. The molecule has 0 spiro atoms. The molecule has 86 valence electrons. The quantitative estimate of drug-likeness (QED) is 0.940. The molecule has 16 heavy (non-hydrogen) atoms. The van der Waals surface area contributed by atoms with Gasteiger partial charge in [-0.25, -0.2) is 4.98 Å². The number of fused-ring (bicyclic) bond motifs is 1. The predicted molar refractivity (Wildman–Crippen MR) is 68.3 cm³/mol. The average molecular weight is 283 g/mol. The predicted octanol–water partition coefficient (Wildman–Crippen LogP) is 2.82. The molecule has 2 rings (SSSR count). The van der Waals surface area contributed by atoms with Gasteiger partial charge < -0.3 is 9.67 Å². The van der Waals surface area contributed by atoms with Crippen molar-refractivity contribution in [2.75, 3.05) is 6.61 Å². The van der Waals surface area contributed by atoms with Crippen LogP contribution in [0.4, 0.5) is 0 Å². The van der Waals surface area contributed by atoms with Crippen LogP contribution in [-0.4, -0.2) is 21.3 Å². The highest BCUT2D eigenvalue weighted by atomic mass is 79.9. The second-order valence-electron chi connectivity index (χ2n) is 4.83.